The maximum Gasteiger partial charge on any atom is 0.415 e. The van der Waals surface area contributed by atoms with Crippen LogP contribution in [0.25, 0.3) is 0 Å². The van der Waals surface area contributed by atoms with Gasteiger partial charge < -0.3 is 24.4 Å². The molecule has 2 fully saturated rings. The molecule has 2 aromatic rings. The van der Waals surface area contributed by atoms with Crippen LogP contribution in [0.1, 0.15) is 42.5 Å². The Morgan fingerprint density at radius 2 is 1.42 bits per heavy atom. The maximum absolute atomic E-state index is 12.9. The number of aromatic hydroxyl groups is 1. The summed E-state index contributed by atoms with van der Waals surface area (Å²) in [7, 11) is 3.46. The minimum Gasteiger partial charge on any atom is -0.508 e. The Balaban J connectivity index is 1.57. The van der Waals surface area contributed by atoms with E-state index in [9.17, 15) is 14.7 Å². The minimum atomic E-state index is -0.407. The summed E-state index contributed by atoms with van der Waals surface area (Å²) >= 11 is 0. The van der Waals surface area contributed by atoms with Crippen molar-refractivity contribution in [2.75, 3.05) is 14.1 Å². The van der Waals surface area contributed by atoms with Gasteiger partial charge in [0, 0.05) is 37.1 Å². The number of fused-ring (bicyclic) bond motifs is 2. The predicted octanol–water partition coefficient (Wildman–Crippen LogP) is 4.49. The fourth-order valence-electron chi connectivity index (χ4n) is 5.69. The van der Waals surface area contributed by atoms with Gasteiger partial charge in [-0.3, -0.25) is 0 Å². The van der Waals surface area contributed by atoms with Gasteiger partial charge in [-0.2, -0.15) is 0 Å². The lowest BCUT2D eigenvalue weighted by Gasteiger charge is -2.51. The van der Waals surface area contributed by atoms with Crippen LogP contribution < -0.4 is 4.74 Å². The summed E-state index contributed by atoms with van der Waals surface area (Å²) in [4.78, 5) is 28.7. The highest BCUT2D eigenvalue weighted by Crippen LogP contribution is 2.52. The highest BCUT2D eigenvalue weighted by molar-refractivity contribution is 5.74. The van der Waals surface area contributed by atoms with Gasteiger partial charge in [0.2, 0.25) is 0 Å². The van der Waals surface area contributed by atoms with Crippen molar-refractivity contribution in [2.45, 2.75) is 37.5 Å². The quantitative estimate of drug-likeness (QED) is 0.772. The molecule has 0 spiro atoms. The number of benzene rings is 2. The van der Waals surface area contributed by atoms with E-state index in [2.05, 4.69) is 0 Å². The van der Waals surface area contributed by atoms with E-state index in [4.69, 9.17) is 9.47 Å². The van der Waals surface area contributed by atoms with E-state index in [-0.39, 0.29) is 35.8 Å². The van der Waals surface area contributed by atoms with Gasteiger partial charge in [0.15, 0.2) is 0 Å². The normalized spacial score (nSPS) is 30.2. The molecule has 1 saturated heterocycles. The van der Waals surface area contributed by atoms with Crippen molar-refractivity contribution in [3.8, 4) is 11.5 Å². The van der Waals surface area contributed by atoms with E-state index >= 15 is 0 Å². The van der Waals surface area contributed by atoms with Crippen LogP contribution in [-0.4, -0.2) is 47.3 Å². The molecule has 1 aliphatic carbocycles. The van der Waals surface area contributed by atoms with Gasteiger partial charge in [-0.1, -0.05) is 42.8 Å². The number of hydrogen-bond acceptors (Lipinski definition) is 5. The summed E-state index contributed by atoms with van der Waals surface area (Å²) < 4.78 is 11.5. The predicted molar refractivity (Wildman–Crippen MR) is 113 cm³/mol. The Kier molecular flexibility index (Phi) is 4.76. The monoisotopic (exact) mass is 422 g/mol. The first-order valence-corrected chi connectivity index (χ1v) is 10.7. The van der Waals surface area contributed by atoms with Crippen LogP contribution in [-0.2, 0) is 4.74 Å². The molecule has 0 aromatic heterocycles. The zero-order valence-electron chi connectivity index (χ0n) is 17.6. The van der Waals surface area contributed by atoms with E-state index in [0.29, 0.717) is 5.75 Å². The molecule has 7 heteroatoms. The largest absolute Gasteiger partial charge is 0.508 e. The Bertz CT molecular complexity index is 1020. The van der Waals surface area contributed by atoms with Gasteiger partial charge in [-0.05, 0) is 25.0 Å². The van der Waals surface area contributed by atoms with E-state index in [1.807, 2.05) is 30.3 Å². The number of phenols is 1. The molecule has 0 bridgehead atoms. The van der Waals surface area contributed by atoms with E-state index in [1.54, 1.807) is 42.1 Å². The second-order valence-electron chi connectivity index (χ2n) is 8.68. The summed E-state index contributed by atoms with van der Waals surface area (Å²) in [6, 6.07) is 14.2. The smallest absolute Gasteiger partial charge is 0.415 e. The number of ether oxygens (including phenoxy) is 2. The molecule has 2 amide bonds. The number of nitrogens with zero attached hydrogens (tertiary/aromatic N) is 2. The maximum atomic E-state index is 12.9. The molecule has 5 atom stereocenters. The van der Waals surface area contributed by atoms with Crippen LogP contribution in [0, 0.1) is 11.8 Å². The first-order chi connectivity index (χ1) is 15.0. The summed E-state index contributed by atoms with van der Waals surface area (Å²) in [5, 5.41) is 10.5. The highest BCUT2D eigenvalue weighted by Gasteiger charge is 2.52. The third-order valence-electron chi connectivity index (χ3n) is 7.07. The SMILES string of the molecule is CN1C(=O)OC2C(CCCC2C2c3ccccc3OC(=O)N2C)C1c1ccccc1O. The van der Waals surface area contributed by atoms with Gasteiger partial charge in [0.25, 0.3) is 0 Å². The first kappa shape index (κ1) is 19.7. The molecule has 2 aromatic carbocycles. The summed E-state index contributed by atoms with van der Waals surface area (Å²) in [6.45, 7) is 0. The second kappa shape index (κ2) is 7.48. The standard InChI is InChI=1S/C24H26N2O5/c1-25-20(14-8-3-5-12-18(14)27)16-10-7-11-17(22(16)31-24(25)29)21-15-9-4-6-13-19(15)30-23(28)26(21)2/h3-6,8-9,12-13,16-17,20-22,27H,7,10-11H2,1-2H3. The van der Waals surface area contributed by atoms with Crippen molar-refractivity contribution in [1.82, 2.24) is 9.80 Å². The Morgan fingerprint density at radius 3 is 2.13 bits per heavy atom. The number of carbonyl (C=O) groups is 2. The number of amides is 2. The zero-order valence-corrected chi connectivity index (χ0v) is 17.6. The lowest BCUT2D eigenvalue weighted by atomic mass is 9.68. The zero-order chi connectivity index (χ0) is 21.7. The Labute approximate surface area is 181 Å². The van der Waals surface area contributed by atoms with Gasteiger partial charge in [-0.15, -0.1) is 0 Å². The summed E-state index contributed by atoms with van der Waals surface area (Å²) in [5.41, 5.74) is 1.67. The third-order valence-corrected chi connectivity index (χ3v) is 7.07. The molecular weight excluding hydrogens is 396 g/mol. The average molecular weight is 422 g/mol. The number of para-hydroxylation sites is 2. The van der Waals surface area contributed by atoms with Gasteiger partial charge in [0.1, 0.15) is 17.6 Å². The van der Waals surface area contributed by atoms with Crippen molar-refractivity contribution < 1.29 is 24.2 Å². The number of rotatable bonds is 2. The van der Waals surface area contributed by atoms with Crippen LogP contribution in [0.15, 0.2) is 48.5 Å². The molecular formula is C24H26N2O5. The fourth-order valence-corrected chi connectivity index (χ4v) is 5.69. The van der Waals surface area contributed by atoms with Crippen molar-refractivity contribution >= 4 is 12.2 Å². The van der Waals surface area contributed by atoms with Crippen LogP contribution in [0.4, 0.5) is 9.59 Å². The Morgan fingerprint density at radius 1 is 0.839 bits per heavy atom. The van der Waals surface area contributed by atoms with E-state index in [1.165, 1.54) is 0 Å². The van der Waals surface area contributed by atoms with Gasteiger partial charge in [-0.25, -0.2) is 9.59 Å². The fraction of sp³-hybridized carbons (Fsp3) is 0.417. The molecule has 5 rings (SSSR count). The molecule has 7 nitrogen and oxygen atoms in total. The molecule has 1 saturated carbocycles. The summed E-state index contributed by atoms with van der Waals surface area (Å²) in [5.74, 6) is 0.685. The number of carbonyl (C=O) groups excluding carboxylic acids is 2. The number of phenolic OH excluding ortho intramolecular Hbond substituents is 1. The topological polar surface area (TPSA) is 79.3 Å². The van der Waals surface area contributed by atoms with E-state index < -0.39 is 12.2 Å². The van der Waals surface area contributed by atoms with Crippen LogP contribution >= 0.6 is 0 Å². The van der Waals surface area contributed by atoms with Crippen molar-refractivity contribution in [3.63, 3.8) is 0 Å². The molecule has 31 heavy (non-hydrogen) atoms. The van der Waals surface area contributed by atoms with Crippen molar-refractivity contribution in [1.29, 1.82) is 0 Å². The lowest BCUT2D eigenvalue weighted by Crippen LogP contribution is -2.55. The van der Waals surface area contributed by atoms with E-state index in [0.717, 1.165) is 30.4 Å². The van der Waals surface area contributed by atoms with Gasteiger partial charge in [0.05, 0.1) is 12.1 Å². The molecule has 162 valence electrons. The molecule has 2 aliphatic heterocycles. The summed E-state index contributed by atoms with van der Waals surface area (Å²) in [6.07, 6.45) is 1.48. The molecule has 1 N–H and O–H groups in total. The highest BCUT2D eigenvalue weighted by atomic mass is 16.6. The molecule has 5 unspecified atom stereocenters. The molecule has 3 aliphatic rings. The van der Waals surface area contributed by atoms with Crippen LogP contribution in [0.5, 0.6) is 11.5 Å². The molecule has 0 radical (unpaired) electrons. The van der Waals surface area contributed by atoms with Crippen molar-refractivity contribution in [3.05, 3.63) is 59.7 Å². The van der Waals surface area contributed by atoms with Crippen LogP contribution in [0.3, 0.4) is 0 Å². The van der Waals surface area contributed by atoms with Crippen molar-refractivity contribution in [2.24, 2.45) is 11.8 Å². The second-order valence-corrected chi connectivity index (χ2v) is 8.68. The molecule has 2 heterocycles. The Hall–Kier alpha value is -3.22. The minimum absolute atomic E-state index is 0.00765. The lowest BCUT2D eigenvalue weighted by molar-refractivity contribution is -0.0980. The van der Waals surface area contributed by atoms with Crippen LogP contribution in [0.2, 0.25) is 0 Å². The average Bonchev–Trinajstić information content (AvgIpc) is 2.76. The van der Waals surface area contributed by atoms with Gasteiger partial charge >= 0.3 is 12.2 Å². The number of hydrogen-bond donors (Lipinski definition) is 1. The third kappa shape index (κ3) is 3.10. The first-order valence-electron chi connectivity index (χ1n) is 10.7.